The Balaban J connectivity index is 1.31. The van der Waals surface area contributed by atoms with Crippen LogP contribution in [0.3, 0.4) is 0 Å². The van der Waals surface area contributed by atoms with Crippen LogP contribution in [0.2, 0.25) is 0 Å². The standard InChI is InChI=1S/C22H23NO5/c1-14-23-18-20(26-14)19-17(13-25-21(28-19)16-10-6-3-7-11-16)27-22(18)24-12-15-8-4-2-5-9-15/h2-11,17-22H,12-13H2,1H3/t17-,18-,19-,20+,21-,22+/m1/s1. The molecule has 0 aromatic heterocycles. The summed E-state index contributed by atoms with van der Waals surface area (Å²) in [6.45, 7) is 2.73. The fourth-order valence-electron chi connectivity index (χ4n) is 3.94. The van der Waals surface area contributed by atoms with E-state index in [1.165, 1.54) is 0 Å². The Morgan fingerprint density at radius 2 is 1.71 bits per heavy atom. The van der Waals surface area contributed by atoms with Gasteiger partial charge in [-0.1, -0.05) is 60.7 Å². The van der Waals surface area contributed by atoms with Crippen molar-refractivity contribution in [1.82, 2.24) is 0 Å². The van der Waals surface area contributed by atoms with Gasteiger partial charge in [0.15, 0.2) is 24.6 Å². The second-order valence-corrected chi connectivity index (χ2v) is 7.24. The van der Waals surface area contributed by atoms with Crippen LogP contribution in [0.15, 0.2) is 65.7 Å². The highest BCUT2D eigenvalue weighted by atomic mass is 16.8. The first kappa shape index (κ1) is 17.8. The predicted octanol–water partition coefficient (Wildman–Crippen LogP) is 3.23. The number of nitrogens with zero attached hydrogens (tertiary/aromatic N) is 1. The second-order valence-electron chi connectivity index (χ2n) is 7.24. The van der Waals surface area contributed by atoms with E-state index in [4.69, 9.17) is 23.7 Å². The normalized spacial score (nSPS) is 34.1. The molecule has 0 bridgehead atoms. The minimum Gasteiger partial charge on any atom is -0.473 e. The smallest absolute Gasteiger partial charge is 0.184 e. The zero-order valence-electron chi connectivity index (χ0n) is 15.6. The molecule has 2 aromatic carbocycles. The lowest BCUT2D eigenvalue weighted by Crippen LogP contribution is -2.61. The molecule has 2 aromatic rings. The van der Waals surface area contributed by atoms with Crippen LogP contribution >= 0.6 is 0 Å². The van der Waals surface area contributed by atoms with E-state index in [1.807, 2.05) is 67.6 Å². The maximum atomic E-state index is 6.25. The van der Waals surface area contributed by atoms with Gasteiger partial charge in [-0.05, 0) is 5.56 Å². The molecule has 0 aliphatic carbocycles. The number of fused-ring (bicyclic) bond motifs is 3. The fourth-order valence-corrected chi connectivity index (χ4v) is 3.94. The van der Waals surface area contributed by atoms with Crippen LogP contribution in [-0.2, 0) is 30.3 Å². The average Bonchev–Trinajstić information content (AvgIpc) is 3.15. The quantitative estimate of drug-likeness (QED) is 0.814. The van der Waals surface area contributed by atoms with Gasteiger partial charge in [-0.25, -0.2) is 4.99 Å². The van der Waals surface area contributed by atoms with Crippen molar-refractivity contribution < 1.29 is 23.7 Å². The molecule has 6 heteroatoms. The largest absolute Gasteiger partial charge is 0.473 e. The third kappa shape index (κ3) is 3.44. The van der Waals surface area contributed by atoms with Gasteiger partial charge in [-0.15, -0.1) is 0 Å². The summed E-state index contributed by atoms with van der Waals surface area (Å²) >= 11 is 0. The van der Waals surface area contributed by atoms with Crippen molar-refractivity contribution in [1.29, 1.82) is 0 Å². The Kier molecular flexibility index (Phi) is 4.86. The van der Waals surface area contributed by atoms with E-state index in [9.17, 15) is 0 Å². The Hall–Kier alpha value is -2.25. The zero-order chi connectivity index (χ0) is 18.9. The molecule has 0 saturated carbocycles. The van der Waals surface area contributed by atoms with E-state index in [2.05, 4.69) is 4.99 Å². The highest BCUT2D eigenvalue weighted by Crippen LogP contribution is 2.38. The van der Waals surface area contributed by atoms with Gasteiger partial charge in [-0.3, -0.25) is 0 Å². The van der Waals surface area contributed by atoms with Gasteiger partial charge < -0.3 is 23.7 Å². The van der Waals surface area contributed by atoms with Crippen molar-refractivity contribution in [2.24, 2.45) is 4.99 Å². The van der Waals surface area contributed by atoms with Crippen LogP contribution < -0.4 is 0 Å². The lowest BCUT2D eigenvalue weighted by atomic mass is 9.96. The molecular weight excluding hydrogens is 358 g/mol. The van der Waals surface area contributed by atoms with E-state index < -0.39 is 12.6 Å². The Morgan fingerprint density at radius 1 is 0.964 bits per heavy atom. The second kappa shape index (κ2) is 7.64. The summed E-state index contributed by atoms with van der Waals surface area (Å²) < 4.78 is 30.5. The maximum Gasteiger partial charge on any atom is 0.184 e. The van der Waals surface area contributed by atoms with E-state index in [0.717, 1.165) is 11.1 Å². The van der Waals surface area contributed by atoms with Gasteiger partial charge in [0.05, 0.1) is 13.2 Å². The molecule has 3 heterocycles. The summed E-state index contributed by atoms with van der Waals surface area (Å²) in [6.07, 6.45) is -1.69. The van der Waals surface area contributed by atoms with Crippen molar-refractivity contribution >= 4 is 5.90 Å². The molecule has 28 heavy (non-hydrogen) atoms. The summed E-state index contributed by atoms with van der Waals surface area (Å²) in [6, 6.07) is 19.7. The molecule has 2 saturated heterocycles. The van der Waals surface area contributed by atoms with Crippen LogP contribution in [0.4, 0.5) is 0 Å². The van der Waals surface area contributed by atoms with Crippen molar-refractivity contribution in [2.45, 2.75) is 50.5 Å². The van der Waals surface area contributed by atoms with Crippen molar-refractivity contribution in [3.05, 3.63) is 71.8 Å². The maximum absolute atomic E-state index is 6.25. The van der Waals surface area contributed by atoms with Gasteiger partial charge in [0.2, 0.25) is 0 Å². The Labute approximate surface area is 164 Å². The van der Waals surface area contributed by atoms with Crippen LogP contribution in [0.25, 0.3) is 0 Å². The first-order chi connectivity index (χ1) is 13.8. The molecule has 5 rings (SSSR count). The Morgan fingerprint density at radius 3 is 2.50 bits per heavy atom. The number of benzene rings is 2. The third-order valence-electron chi connectivity index (χ3n) is 5.27. The number of hydrogen-bond acceptors (Lipinski definition) is 6. The molecule has 0 spiro atoms. The molecule has 0 radical (unpaired) electrons. The van der Waals surface area contributed by atoms with Crippen molar-refractivity contribution in [3.8, 4) is 0 Å². The molecule has 0 N–H and O–H groups in total. The molecule has 3 aliphatic rings. The fraction of sp³-hybridized carbons (Fsp3) is 0.409. The minimum absolute atomic E-state index is 0.241. The van der Waals surface area contributed by atoms with Gasteiger partial charge in [0.1, 0.15) is 18.2 Å². The molecule has 3 aliphatic heterocycles. The van der Waals surface area contributed by atoms with E-state index in [-0.39, 0.29) is 24.4 Å². The summed E-state index contributed by atoms with van der Waals surface area (Å²) in [5.41, 5.74) is 2.07. The number of hydrogen-bond donors (Lipinski definition) is 0. The van der Waals surface area contributed by atoms with Crippen LogP contribution in [-0.4, -0.2) is 43.1 Å². The number of rotatable bonds is 4. The van der Waals surface area contributed by atoms with Crippen molar-refractivity contribution in [3.63, 3.8) is 0 Å². The highest BCUT2D eigenvalue weighted by Gasteiger charge is 2.54. The number of ether oxygens (including phenoxy) is 5. The molecule has 6 atom stereocenters. The van der Waals surface area contributed by atoms with E-state index in [0.29, 0.717) is 19.1 Å². The monoisotopic (exact) mass is 381 g/mol. The van der Waals surface area contributed by atoms with Gasteiger partial charge in [0, 0.05) is 12.5 Å². The van der Waals surface area contributed by atoms with Gasteiger partial charge in [0.25, 0.3) is 0 Å². The first-order valence-electron chi connectivity index (χ1n) is 9.62. The summed E-state index contributed by atoms with van der Waals surface area (Å²) in [7, 11) is 0. The Bertz CT molecular complexity index is 827. The predicted molar refractivity (Wildman–Crippen MR) is 102 cm³/mol. The highest BCUT2D eigenvalue weighted by molar-refractivity contribution is 5.75. The molecule has 6 nitrogen and oxygen atoms in total. The third-order valence-corrected chi connectivity index (χ3v) is 5.27. The number of aliphatic imine (C=N–C) groups is 1. The van der Waals surface area contributed by atoms with Crippen LogP contribution in [0.1, 0.15) is 24.3 Å². The molecular formula is C22H23NO5. The molecule has 2 fully saturated rings. The van der Waals surface area contributed by atoms with Gasteiger partial charge >= 0.3 is 0 Å². The van der Waals surface area contributed by atoms with Crippen molar-refractivity contribution in [2.75, 3.05) is 6.61 Å². The molecule has 146 valence electrons. The summed E-state index contributed by atoms with van der Waals surface area (Å²) in [5.74, 6) is 0.638. The zero-order valence-corrected chi connectivity index (χ0v) is 15.6. The van der Waals surface area contributed by atoms with Crippen LogP contribution in [0.5, 0.6) is 0 Å². The minimum atomic E-state index is -0.496. The van der Waals surface area contributed by atoms with E-state index in [1.54, 1.807) is 0 Å². The SMILES string of the molecule is CC1=N[C@H]2[C@@H](OCc3ccccc3)O[C@@H]3CO[C@@H](c4ccccc4)O[C@H]3[C@H]2O1. The summed E-state index contributed by atoms with van der Waals surface area (Å²) in [4.78, 5) is 4.62. The topological polar surface area (TPSA) is 58.5 Å². The lowest BCUT2D eigenvalue weighted by Gasteiger charge is -2.45. The molecule has 0 unspecified atom stereocenters. The van der Waals surface area contributed by atoms with Gasteiger partial charge in [-0.2, -0.15) is 0 Å². The summed E-state index contributed by atoms with van der Waals surface area (Å²) in [5, 5.41) is 0. The first-order valence-corrected chi connectivity index (χ1v) is 9.62. The average molecular weight is 381 g/mol. The van der Waals surface area contributed by atoms with E-state index >= 15 is 0 Å². The van der Waals surface area contributed by atoms with Crippen LogP contribution in [0, 0.1) is 0 Å². The lowest BCUT2D eigenvalue weighted by molar-refractivity contribution is -0.338. The molecule has 0 amide bonds.